The lowest BCUT2D eigenvalue weighted by molar-refractivity contribution is -0.117. The molecule has 3 amide bonds. The van der Waals surface area contributed by atoms with Crippen molar-refractivity contribution >= 4 is 17.8 Å². The number of ether oxygens (including phenoxy) is 1. The Balaban J connectivity index is 1.32. The molecule has 0 atom stereocenters. The summed E-state index contributed by atoms with van der Waals surface area (Å²) >= 11 is 0. The molecule has 0 spiro atoms. The highest BCUT2D eigenvalue weighted by molar-refractivity contribution is 5.94. The van der Waals surface area contributed by atoms with E-state index in [1.807, 2.05) is 37.3 Å². The summed E-state index contributed by atoms with van der Waals surface area (Å²) in [5.41, 5.74) is 2.60. The first-order valence-electron chi connectivity index (χ1n) is 14.6. The van der Waals surface area contributed by atoms with E-state index in [0.29, 0.717) is 25.4 Å². The van der Waals surface area contributed by atoms with E-state index in [-0.39, 0.29) is 29.4 Å². The van der Waals surface area contributed by atoms with Crippen LogP contribution in [0.2, 0.25) is 0 Å². The number of aromatic nitrogens is 2. The largest absolute Gasteiger partial charge is 0.385 e. The molecular formula is C31H45N5O3. The number of methoxy groups -OCH3 is 1. The zero-order valence-electron chi connectivity index (χ0n) is 24.3. The Morgan fingerprint density at radius 1 is 1.10 bits per heavy atom. The van der Waals surface area contributed by atoms with Crippen molar-refractivity contribution in [2.24, 2.45) is 17.8 Å². The Labute approximate surface area is 232 Å². The first kappa shape index (κ1) is 27.7. The van der Waals surface area contributed by atoms with E-state index < -0.39 is 0 Å². The molecule has 8 nitrogen and oxygen atoms in total. The van der Waals surface area contributed by atoms with Crippen LogP contribution in [0.1, 0.15) is 77.0 Å². The van der Waals surface area contributed by atoms with Gasteiger partial charge < -0.3 is 20.3 Å². The van der Waals surface area contributed by atoms with Gasteiger partial charge in [-0.2, -0.15) is 5.10 Å². The number of amides is 3. The van der Waals surface area contributed by atoms with Crippen LogP contribution in [-0.2, 0) is 14.9 Å². The third-order valence-corrected chi connectivity index (χ3v) is 8.80. The predicted molar refractivity (Wildman–Crippen MR) is 153 cm³/mol. The fourth-order valence-corrected chi connectivity index (χ4v) is 7.37. The molecule has 4 bridgehead atoms. The Kier molecular flexibility index (Phi) is 7.77. The fourth-order valence-electron chi connectivity index (χ4n) is 7.37. The van der Waals surface area contributed by atoms with E-state index in [1.165, 1.54) is 19.3 Å². The second-order valence-corrected chi connectivity index (χ2v) is 13.4. The minimum atomic E-state index is -0.234. The number of nitrogens with zero attached hydrogens (tertiary/aromatic N) is 3. The monoisotopic (exact) mass is 535 g/mol. The number of anilines is 1. The number of carbonyl (C=O) groups excluding carboxylic acids is 2. The molecule has 4 saturated carbocycles. The highest BCUT2D eigenvalue weighted by Crippen LogP contribution is 2.55. The molecule has 1 aromatic carbocycles. The molecule has 39 heavy (non-hydrogen) atoms. The highest BCUT2D eigenvalue weighted by atomic mass is 16.5. The Bertz CT molecular complexity index is 1160. The summed E-state index contributed by atoms with van der Waals surface area (Å²) in [5.74, 6) is 2.58. The average Bonchev–Trinajstić information content (AvgIpc) is 3.26. The molecule has 4 aliphatic carbocycles. The van der Waals surface area contributed by atoms with Gasteiger partial charge in [0.2, 0.25) is 5.91 Å². The second kappa shape index (κ2) is 11.0. The van der Waals surface area contributed by atoms with Crippen LogP contribution in [0.15, 0.2) is 30.3 Å². The molecule has 1 heterocycles. The summed E-state index contributed by atoms with van der Waals surface area (Å²) in [4.78, 5) is 28.7. The maximum atomic E-state index is 13.6. The van der Waals surface area contributed by atoms with Crippen LogP contribution in [0.3, 0.4) is 0 Å². The van der Waals surface area contributed by atoms with Crippen molar-refractivity contribution in [2.45, 2.75) is 83.6 Å². The maximum Gasteiger partial charge on any atom is 0.318 e. The lowest BCUT2D eigenvalue weighted by Crippen LogP contribution is -2.62. The molecule has 4 aliphatic rings. The van der Waals surface area contributed by atoms with Crippen molar-refractivity contribution in [1.29, 1.82) is 0 Å². The van der Waals surface area contributed by atoms with Gasteiger partial charge in [0.1, 0.15) is 12.4 Å². The number of nitrogens with one attached hydrogen (secondary N) is 2. The van der Waals surface area contributed by atoms with Gasteiger partial charge in [-0.05, 0) is 87.3 Å². The van der Waals surface area contributed by atoms with Crippen molar-refractivity contribution in [3.05, 3.63) is 41.6 Å². The van der Waals surface area contributed by atoms with Crippen LogP contribution >= 0.6 is 0 Å². The van der Waals surface area contributed by atoms with Gasteiger partial charge in [-0.1, -0.05) is 32.9 Å². The number of hydrogen-bond acceptors (Lipinski definition) is 4. The number of carbonyl (C=O) groups is 2. The number of urea groups is 1. The summed E-state index contributed by atoms with van der Waals surface area (Å²) in [5, 5.41) is 11.3. The van der Waals surface area contributed by atoms with Crippen molar-refractivity contribution in [3.8, 4) is 5.69 Å². The zero-order valence-corrected chi connectivity index (χ0v) is 24.3. The first-order valence-corrected chi connectivity index (χ1v) is 14.6. The quantitative estimate of drug-likeness (QED) is 0.419. The van der Waals surface area contributed by atoms with E-state index in [0.717, 1.165) is 54.0 Å². The SMILES string of the molecule is COCCCN(CC(=O)Nc1cc(C(C)(C)C)nn1-c1cccc(C)c1)C(=O)NC12CC3CC(CC(C3)C1)C2. The smallest absolute Gasteiger partial charge is 0.318 e. The van der Waals surface area contributed by atoms with Crippen LogP contribution in [-0.4, -0.2) is 59.0 Å². The molecule has 0 aliphatic heterocycles. The first-order chi connectivity index (χ1) is 18.5. The summed E-state index contributed by atoms with van der Waals surface area (Å²) in [6, 6.07) is 9.86. The van der Waals surface area contributed by atoms with Gasteiger partial charge in [0, 0.05) is 37.3 Å². The molecule has 0 unspecified atom stereocenters. The molecule has 2 aromatic rings. The van der Waals surface area contributed by atoms with Gasteiger partial charge in [-0.25, -0.2) is 9.48 Å². The Hall–Kier alpha value is -2.87. The van der Waals surface area contributed by atoms with Crippen LogP contribution < -0.4 is 10.6 Å². The van der Waals surface area contributed by atoms with E-state index in [4.69, 9.17) is 9.84 Å². The second-order valence-electron chi connectivity index (χ2n) is 13.4. The summed E-state index contributed by atoms with van der Waals surface area (Å²) in [6.07, 6.45) is 7.87. The summed E-state index contributed by atoms with van der Waals surface area (Å²) in [6.45, 7) is 9.33. The van der Waals surface area contributed by atoms with Gasteiger partial charge in [0.05, 0.1) is 11.4 Å². The molecule has 2 N–H and O–H groups in total. The number of rotatable bonds is 9. The molecule has 212 valence electrons. The minimum absolute atomic E-state index is 0.0221. The lowest BCUT2D eigenvalue weighted by atomic mass is 9.53. The minimum Gasteiger partial charge on any atom is -0.385 e. The molecule has 8 heteroatoms. The summed E-state index contributed by atoms with van der Waals surface area (Å²) < 4.78 is 7.03. The van der Waals surface area contributed by atoms with Crippen molar-refractivity contribution in [2.75, 3.05) is 32.1 Å². The maximum absolute atomic E-state index is 13.6. The topological polar surface area (TPSA) is 88.5 Å². The van der Waals surface area contributed by atoms with Gasteiger partial charge in [-0.15, -0.1) is 0 Å². The van der Waals surface area contributed by atoms with Gasteiger partial charge in [0.25, 0.3) is 0 Å². The van der Waals surface area contributed by atoms with E-state index in [2.05, 4.69) is 31.4 Å². The highest BCUT2D eigenvalue weighted by Gasteiger charge is 2.51. The summed E-state index contributed by atoms with van der Waals surface area (Å²) in [7, 11) is 1.66. The standard InChI is InChI=1S/C31H45N5O3/c1-21-8-6-9-25(12-21)36-27(16-26(34-36)30(2,3)4)32-28(37)20-35(10-7-11-39-5)29(38)33-31-17-22-13-23(18-31)15-24(14-22)19-31/h6,8-9,12,16,22-24H,7,10-11,13-15,17-20H2,1-5H3,(H,32,37)(H,33,38). The van der Waals surface area contributed by atoms with E-state index in [9.17, 15) is 9.59 Å². The number of hydrogen-bond donors (Lipinski definition) is 2. The zero-order chi connectivity index (χ0) is 27.8. The van der Waals surface area contributed by atoms with Crippen molar-refractivity contribution in [3.63, 3.8) is 0 Å². The molecule has 4 fully saturated rings. The van der Waals surface area contributed by atoms with Gasteiger partial charge in [-0.3, -0.25) is 4.79 Å². The Morgan fingerprint density at radius 3 is 2.36 bits per heavy atom. The molecule has 1 aromatic heterocycles. The van der Waals surface area contributed by atoms with Gasteiger partial charge in [0.15, 0.2) is 0 Å². The number of benzene rings is 1. The lowest BCUT2D eigenvalue weighted by Gasteiger charge is -2.57. The number of aryl methyl sites for hydroxylation is 1. The fraction of sp³-hybridized carbons (Fsp3) is 0.645. The molecule has 6 rings (SSSR count). The molecular weight excluding hydrogens is 490 g/mol. The van der Waals surface area contributed by atoms with Gasteiger partial charge >= 0.3 is 6.03 Å². The molecule has 0 radical (unpaired) electrons. The average molecular weight is 536 g/mol. The normalized spacial score (nSPS) is 25.5. The Morgan fingerprint density at radius 2 is 1.77 bits per heavy atom. The van der Waals surface area contributed by atoms with E-state index >= 15 is 0 Å². The molecule has 0 saturated heterocycles. The van der Waals surface area contributed by atoms with E-state index in [1.54, 1.807) is 16.7 Å². The van der Waals surface area contributed by atoms with Crippen molar-refractivity contribution in [1.82, 2.24) is 20.0 Å². The predicted octanol–water partition coefficient (Wildman–Crippen LogP) is 5.43. The third kappa shape index (κ3) is 6.32. The van der Waals surface area contributed by atoms with Crippen LogP contribution in [0.25, 0.3) is 5.69 Å². The third-order valence-electron chi connectivity index (χ3n) is 8.80. The van der Waals surface area contributed by atoms with Crippen LogP contribution in [0, 0.1) is 24.7 Å². The van der Waals surface area contributed by atoms with Crippen molar-refractivity contribution < 1.29 is 14.3 Å². The van der Waals surface area contributed by atoms with Crippen LogP contribution in [0.5, 0.6) is 0 Å². The van der Waals surface area contributed by atoms with Crippen LogP contribution in [0.4, 0.5) is 10.6 Å².